The first kappa shape index (κ1) is 15.4. The van der Waals surface area contributed by atoms with E-state index in [1.807, 2.05) is 6.07 Å². The molecule has 1 rings (SSSR count). The molecule has 0 aromatic heterocycles. The molecule has 0 aliphatic rings. The molecule has 5 nitrogen and oxygen atoms in total. The first-order valence-electron chi connectivity index (χ1n) is 6.11. The summed E-state index contributed by atoms with van der Waals surface area (Å²) in [5.41, 5.74) is 6.59. The second-order valence-electron chi connectivity index (χ2n) is 3.91. The number of benzene rings is 1. The highest BCUT2D eigenvalue weighted by atomic mass is 32.2. The number of urea groups is 1. The molecule has 0 atom stereocenters. The molecule has 4 N–H and O–H groups in total. The van der Waals surface area contributed by atoms with Gasteiger partial charge in [0.2, 0.25) is 5.91 Å². The molecule has 3 amide bonds. The van der Waals surface area contributed by atoms with E-state index in [4.69, 9.17) is 5.73 Å². The third-order valence-electron chi connectivity index (χ3n) is 2.36. The molecule has 0 aliphatic heterocycles. The normalized spacial score (nSPS) is 9.95. The fraction of sp³-hybridized carbons (Fsp3) is 0.385. The molecule has 0 radical (unpaired) electrons. The Morgan fingerprint density at radius 2 is 2.16 bits per heavy atom. The minimum absolute atomic E-state index is 0.0363. The predicted molar refractivity (Wildman–Crippen MR) is 79.1 cm³/mol. The lowest BCUT2D eigenvalue weighted by molar-refractivity contribution is -0.120. The number of rotatable bonds is 7. The van der Waals surface area contributed by atoms with Crippen molar-refractivity contribution < 1.29 is 9.59 Å². The lowest BCUT2D eigenvalue weighted by atomic mass is 10.2. The number of hydrogen-bond donors (Lipinski definition) is 3. The van der Waals surface area contributed by atoms with Crippen molar-refractivity contribution in [3.8, 4) is 0 Å². The van der Waals surface area contributed by atoms with Crippen LogP contribution in [0.3, 0.4) is 0 Å². The Morgan fingerprint density at radius 3 is 2.84 bits per heavy atom. The van der Waals surface area contributed by atoms with Gasteiger partial charge in [0.05, 0.1) is 0 Å². The van der Waals surface area contributed by atoms with Crippen molar-refractivity contribution in [1.29, 1.82) is 0 Å². The van der Waals surface area contributed by atoms with Crippen LogP contribution < -0.4 is 16.4 Å². The molecular formula is C13H19N3O2S. The standard InChI is InChI=1S/C13H19N3O2S/c1-2-19-7-6-12(17)15-9-10-4-3-5-11(8-10)16-13(14)18/h3-5,8H,2,6-7,9H2,1H3,(H,15,17)(H3,14,16,18). The minimum atomic E-state index is -0.599. The van der Waals surface area contributed by atoms with Gasteiger partial charge in [-0.2, -0.15) is 11.8 Å². The molecule has 6 heteroatoms. The van der Waals surface area contributed by atoms with E-state index in [9.17, 15) is 9.59 Å². The molecule has 0 bridgehead atoms. The topological polar surface area (TPSA) is 84.2 Å². The van der Waals surface area contributed by atoms with Crippen LogP contribution in [0.1, 0.15) is 18.9 Å². The number of primary amides is 1. The van der Waals surface area contributed by atoms with Crippen LogP contribution in [0, 0.1) is 0 Å². The Labute approximate surface area is 117 Å². The summed E-state index contributed by atoms with van der Waals surface area (Å²) in [6.07, 6.45) is 0.526. The van der Waals surface area contributed by atoms with Crippen LogP contribution in [-0.2, 0) is 11.3 Å². The van der Waals surface area contributed by atoms with Crippen molar-refractivity contribution in [3.05, 3.63) is 29.8 Å². The van der Waals surface area contributed by atoms with Gasteiger partial charge in [-0.25, -0.2) is 4.79 Å². The van der Waals surface area contributed by atoms with Crippen molar-refractivity contribution in [2.45, 2.75) is 19.9 Å². The summed E-state index contributed by atoms with van der Waals surface area (Å²) >= 11 is 1.75. The van der Waals surface area contributed by atoms with Crippen LogP contribution >= 0.6 is 11.8 Å². The maximum atomic E-state index is 11.5. The van der Waals surface area contributed by atoms with E-state index in [0.29, 0.717) is 18.7 Å². The zero-order chi connectivity index (χ0) is 14.1. The van der Waals surface area contributed by atoms with E-state index >= 15 is 0 Å². The summed E-state index contributed by atoms with van der Waals surface area (Å²) < 4.78 is 0. The molecule has 0 saturated carbocycles. The summed E-state index contributed by atoms with van der Waals surface area (Å²) in [7, 11) is 0. The second-order valence-corrected chi connectivity index (χ2v) is 5.31. The molecule has 19 heavy (non-hydrogen) atoms. The van der Waals surface area contributed by atoms with Crippen LogP contribution in [-0.4, -0.2) is 23.4 Å². The van der Waals surface area contributed by atoms with Gasteiger partial charge in [-0.1, -0.05) is 19.1 Å². The van der Waals surface area contributed by atoms with Gasteiger partial charge in [0.15, 0.2) is 0 Å². The van der Waals surface area contributed by atoms with Gasteiger partial charge >= 0.3 is 6.03 Å². The monoisotopic (exact) mass is 281 g/mol. The van der Waals surface area contributed by atoms with Crippen LogP contribution in [0.25, 0.3) is 0 Å². The van der Waals surface area contributed by atoms with Crippen LogP contribution in [0.15, 0.2) is 24.3 Å². The van der Waals surface area contributed by atoms with Crippen LogP contribution in [0.4, 0.5) is 10.5 Å². The van der Waals surface area contributed by atoms with Gasteiger partial charge in [0, 0.05) is 24.4 Å². The third kappa shape index (κ3) is 6.71. The molecule has 0 fully saturated rings. The largest absolute Gasteiger partial charge is 0.352 e. The van der Waals surface area contributed by atoms with Gasteiger partial charge in [0.25, 0.3) is 0 Å². The average Bonchev–Trinajstić information content (AvgIpc) is 2.36. The van der Waals surface area contributed by atoms with E-state index in [1.165, 1.54) is 0 Å². The number of amides is 3. The number of anilines is 1. The quantitative estimate of drug-likeness (QED) is 0.668. The van der Waals surface area contributed by atoms with Crippen molar-refractivity contribution in [2.75, 3.05) is 16.8 Å². The number of nitrogens with two attached hydrogens (primary N) is 1. The number of nitrogens with one attached hydrogen (secondary N) is 2. The average molecular weight is 281 g/mol. The lowest BCUT2D eigenvalue weighted by Crippen LogP contribution is -2.23. The Balaban J connectivity index is 2.40. The summed E-state index contributed by atoms with van der Waals surface area (Å²) in [6, 6.07) is 6.62. The fourth-order valence-corrected chi connectivity index (χ4v) is 2.12. The Hall–Kier alpha value is -1.69. The van der Waals surface area contributed by atoms with Crippen molar-refractivity contribution in [1.82, 2.24) is 5.32 Å². The molecular weight excluding hydrogens is 262 g/mol. The highest BCUT2D eigenvalue weighted by molar-refractivity contribution is 7.99. The molecule has 0 saturated heterocycles. The van der Waals surface area contributed by atoms with Gasteiger partial charge in [-0.15, -0.1) is 0 Å². The second kappa shape index (κ2) is 8.42. The van der Waals surface area contributed by atoms with Gasteiger partial charge in [-0.05, 0) is 23.4 Å². The van der Waals surface area contributed by atoms with Gasteiger partial charge in [0.1, 0.15) is 0 Å². The molecule has 0 aliphatic carbocycles. The maximum Gasteiger partial charge on any atom is 0.316 e. The van der Waals surface area contributed by atoms with E-state index < -0.39 is 6.03 Å². The maximum absolute atomic E-state index is 11.5. The summed E-state index contributed by atoms with van der Waals surface area (Å²) in [5.74, 6) is 1.90. The molecule has 0 spiro atoms. The molecule has 104 valence electrons. The van der Waals surface area contributed by atoms with Crippen LogP contribution in [0.5, 0.6) is 0 Å². The van der Waals surface area contributed by atoms with Gasteiger partial charge in [-0.3, -0.25) is 4.79 Å². The first-order valence-corrected chi connectivity index (χ1v) is 7.27. The third-order valence-corrected chi connectivity index (χ3v) is 3.26. The number of hydrogen-bond acceptors (Lipinski definition) is 3. The van der Waals surface area contributed by atoms with Crippen molar-refractivity contribution in [2.24, 2.45) is 5.73 Å². The van der Waals surface area contributed by atoms with Crippen LogP contribution in [0.2, 0.25) is 0 Å². The van der Waals surface area contributed by atoms with E-state index in [2.05, 4.69) is 17.6 Å². The highest BCUT2D eigenvalue weighted by Gasteiger charge is 2.02. The van der Waals surface area contributed by atoms with Crippen molar-refractivity contribution >= 4 is 29.4 Å². The summed E-state index contributed by atoms with van der Waals surface area (Å²) in [6.45, 7) is 2.52. The summed E-state index contributed by atoms with van der Waals surface area (Å²) in [5, 5.41) is 5.34. The molecule has 0 unspecified atom stereocenters. The van der Waals surface area contributed by atoms with E-state index in [0.717, 1.165) is 17.1 Å². The fourth-order valence-electron chi connectivity index (χ4n) is 1.50. The zero-order valence-corrected chi connectivity index (χ0v) is 11.8. The Kier molecular flexibility index (Phi) is 6.81. The molecule has 1 aromatic rings. The Bertz CT molecular complexity index is 438. The molecule has 1 aromatic carbocycles. The number of carbonyl (C=O) groups excluding carboxylic acids is 2. The van der Waals surface area contributed by atoms with Gasteiger partial charge < -0.3 is 16.4 Å². The number of thioether (sulfide) groups is 1. The van der Waals surface area contributed by atoms with E-state index in [-0.39, 0.29) is 5.91 Å². The molecule has 0 heterocycles. The highest BCUT2D eigenvalue weighted by Crippen LogP contribution is 2.10. The minimum Gasteiger partial charge on any atom is -0.352 e. The zero-order valence-electron chi connectivity index (χ0n) is 10.9. The summed E-state index contributed by atoms with van der Waals surface area (Å²) in [4.78, 5) is 22.3. The predicted octanol–water partition coefficient (Wildman–Crippen LogP) is 1.94. The van der Waals surface area contributed by atoms with Crippen molar-refractivity contribution in [3.63, 3.8) is 0 Å². The lowest BCUT2D eigenvalue weighted by Gasteiger charge is -2.07. The first-order chi connectivity index (χ1) is 9.11. The smallest absolute Gasteiger partial charge is 0.316 e. The Morgan fingerprint density at radius 1 is 1.37 bits per heavy atom. The van der Waals surface area contributed by atoms with E-state index in [1.54, 1.807) is 30.0 Å². The number of carbonyl (C=O) groups is 2. The SMILES string of the molecule is CCSCCC(=O)NCc1cccc(NC(N)=O)c1.